The molecule has 2 aromatic rings. The van der Waals surface area contributed by atoms with Crippen LogP contribution in [-0.4, -0.2) is 103 Å². The van der Waals surface area contributed by atoms with Crippen molar-refractivity contribution in [1.82, 2.24) is 25.1 Å². The molecule has 230 valence electrons. The molecule has 0 radical (unpaired) electrons. The fraction of sp³-hybridized carbons (Fsp3) is 0.576. The molecule has 2 heterocycles. The van der Waals surface area contributed by atoms with Crippen LogP contribution < -0.4 is 11.1 Å². The van der Waals surface area contributed by atoms with Gasteiger partial charge in [0.1, 0.15) is 6.04 Å². The van der Waals surface area contributed by atoms with Crippen molar-refractivity contribution >= 4 is 23.4 Å². The van der Waals surface area contributed by atoms with Gasteiger partial charge in [-0.05, 0) is 55.5 Å². The molecule has 2 atom stereocenters. The molecule has 0 bridgehead atoms. The molecule has 2 saturated heterocycles. The van der Waals surface area contributed by atoms with E-state index in [1.807, 2.05) is 59.5 Å². The van der Waals surface area contributed by atoms with Crippen molar-refractivity contribution in [3.8, 4) is 0 Å². The molecule has 3 N–H and O–H groups in total. The van der Waals surface area contributed by atoms with Gasteiger partial charge in [-0.3, -0.25) is 9.59 Å². The average Bonchev–Trinajstić information content (AvgIpc) is 2.97. The van der Waals surface area contributed by atoms with E-state index in [2.05, 4.69) is 41.1 Å². The van der Waals surface area contributed by atoms with E-state index < -0.39 is 6.04 Å². The zero-order valence-corrected chi connectivity index (χ0v) is 26.3. The summed E-state index contributed by atoms with van der Waals surface area (Å²) in [6, 6.07) is 16.9. The summed E-state index contributed by atoms with van der Waals surface area (Å²) < 4.78 is 0. The second-order valence-electron chi connectivity index (χ2n) is 12.4. The Morgan fingerprint density at radius 3 is 2.17 bits per heavy atom. The lowest BCUT2D eigenvalue weighted by Crippen LogP contribution is -2.60. The van der Waals surface area contributed by atoms with Crippen LogP contribution in [0.2, 0.25) is 5.02 Å². The molecule has 2 aliphatic heterocycles. The topological polar surface area (TPSA) is 85.1 Å². The van der Waals surface area contributed by atoms with Gasteiger partial charge in [-0.15, -0.1) is 0 Å². The maximum Gasteiger partial charge on any atom is 0.245 e. The van der Waals surface area contributed by atoms with E-state index in [1.54, 1.807) is 0 Å². The second kappa shape index (κ2) is 15.8. The number of hydrazine groups is 1. The minimum Gasteiger partial charge on any atom is -0.344 e. The van der Waals surface area contributed by atoms with Crippen LogP contribution in [0.15, 0.2) is 54.6 Å². The second-order valence-corrected chi connectivity index (χ2v) is 12.9. The van der Waals surface area contributed by atoms with Gasteiger partial charge in [-0.1, -0.05) is 67.9 Å². The smallest absolute Gasteiger partial charge is 0.245 e. The maximum absolute atomic E-state index is 13.9. The lowest BCUT2D eigenvalue weighted by molar-refractivity contribution is -0.140. The summed E-state index contributed by atoms with van der Waals surface area (Å²) in [7, 11) is 2.18. The number of amides is 2. The summed E-state index contributed by atoms with van der Waals surface area (Å²) in [5.41, 5.74) is 8.39. The van der Waals surface area contributed by atoms with Crippen molar-refractivity contribution in [3.05, 3.63) is 70.7 Å². The van der Waals surface area contributed by atoms with E-state index in [4.69, 9.17) is 17.3 Å². The predicted molar refractivity (Wildman–Crippen MR) is 170 cm³/mol. The van der Waals surface area contributed by atoms with Gasteiger partial charge in [-0.25, -0.2) is 10.0 Å². The Kier molecular flexibility index (Phi) is 12.2. The van der Waals surface area contributed by atoms with Crippen molar-refractivity contribution in [3.63, 3.8) is 0 Å². The summed E-state index contributed by atoms with van der Waals surface area (Å²) in [6.45, 7) is 11.2. The monoisotopic (exact) mass is 596 g/mol. The third-order valence-electron chi connectivity index (χ3n) is 8.37. The Bertz CT molecular complexity index is 1120. The SMILES string of the molecule is CC(C)CN(C1CCN(C(=O)[C@@H](Cc2ccc(Cl)cc2)NC(=O)C[C@@H](N)Cc2ccccc2)CC1)N1CCN(C)CC1. The highest BCUT2D eigenvalue weighted by atomic mass is 35.5. The van der Waals surface area contributed by atoms with E-state index in [1.165, 1.54) is 0 Å². The van der Waals surface area contributed by atoms with Crippen molar-refractivity contribution in [1.29, 1.82) is 0 Å². The number of piperidine rings is 1. The first-order valence-corrected chi connectivity index (χ1v) is 15.9. The number of likely N-dealkylation sites (N-methyl/N-ethyl adjacent to an activating group) is 1. The van der Waals surface area contributed by atoms with Crippen LogP contribution in [0.3, 0.4) is 0 Å². The third kappa shape index (κ3) is 9.78. The lowest BCUT2D eigenvalue weighted by Gasteiger charge is -2.47. The third-order valence-corrected chi connectivity index (χ3v) is 8.62. The van der Waals surface area contributed by atoms with Crippen LogP contribution in [0.25, 0.3) is 0 Å². The van der Waals surface area contributed by atoms with E-state index in [-0.39, 0.29) is 24.3 Å². The average molecular weight is 597 g/mol. The molecule has 0 aliphatic carbocycles. The Balaban J connectivity index is 1.38. The number of nitrogens with two attached hydrogens (primary N) is 1. The number of carbonyl (C=O) groups is 2. The van der Waals surface area contributed by atoms with E-state index in [9.17, 15) is 9.59 Å². The predicted octanol–water partition coefficient (Wildman–Crippen LogP) is 3.44. The Hall–Kier alpha value is -2.49. The van der Waals surface area contributed by atoms with Crippen LogP contribution >= 0.6 is 11.6 Å². The minimum absolute atomic E-state index is 0.0246. The van der Waals surface area contributed by atoms with Gasteiger partial charge in [0.05, 0.1) is 0 Å². The molecule has 2 fully saturated rings. The first kappa shape index (κ1) is 32.4. The van der Waals surface area contributed by atoms with Crippen LogP contribution in [0.5, 0.6) is 0 Å². The lowest BCUT2D eigenvalue weighted by atomic mass is 9.99. The Morgan fingerprint density at radius 1 is 0.929 bits per heavy atom. The van der Waals surface area contributed by atoms with Crippen LogP contribution in [-0.2, 0) is 22.4 Å². The van der Waals surface area contributed by atoms with Gasteiger partial charge in [-0.2, -0.15) is 0 Å². The fourth-order valence-corrected chi connectivity index (χ4v) is 6.19. The van der Waals surface area contributed by atoms with Crippen molar-refractivity contribution < 1.29 is 9.59 Å². The number of piperazine rings is 1. The number of rotatable bonds is 12. The van der Waals surface area contributed by atoms with Gasteiger partial charge in [0.25, 0.3) is 0 Å². The molecule has 0 unspecified atom stereocenters. The largest absolute Gasteiger partial charge is 0.344 e. The first-order chi connectivity index (χ1) is 20.2. The zero-order valence-electron chi connectivity index (χ0n) is 25.6. The van der Waals surface area contributed by atoms with Crippen molar-refractivity contribution in [2.75, 3.05) is 52.9 Å². The standard InChI is InChI=1S/C33H49ClN6O2/c1-25(2)24-40(39-19-17-37(3)18-20-39)30-13-15-38(16-14-30)33(42)31(22-27-9-11-28(34)12-10-27)36-32(41)23-29(35)21-26-7-5-4-6-8-26/h4-12,25,29-31H,13-24,35H2,1-3H3,(H,36,41)/t29-,31+/m0/s1. The quantitative estimate of drug-likeness (QED) is 0.391. The number of halogens is 1. The molecule has 42 heavy (non-hydrogen) atoms. The summed E-state index contributed by atoms with van der Waals surface area (Å²) in [5.74, 6) is 0.346. The number of benzene rings is 2. The van der Waals surface area contributed by atoms with Crippen LogP contribution in [0, 0.1) is 5.92 Å². The molecule has 9 heteroatoms. The summed E-state index contributed by atoms with van der Waals surface area (Å²) >= 11 is 6.11. The van der Waals surface area contributed by atoms with Crippen LogP contribution in [0.1, 0.15) is 44.2 Å². The zero-order chi connectivity index (χ0) is 30.1. The molecule has 0 saturated carbocycles. The molecule has 0 aromatic heterocycles. The van der Waals surface area contributed by atoms with Gasteiger partial charge < -0.3 is 20.9 Å². The number of carbonyl (C=O) groups excluding carboxylic acids is 2. The van der Waals surface area contributed by atoms with Crippen molar-refractivity contribution in [2.45, 2.75) is 64.1 Å². The maximum atomic E-state index is 13.9. The van der Waals surface area contributed by atoms with Gasteiger partial charge >= 0.3 is 0 Å². The van der Waals surface area contributed by atoms with Crippen molar-refractivity contribution in [2.24, 2.45) is 11.7 Å². The number of hydrogen-bond donors (Lipinski definition) is 2. The minimum atomic E-state index is -0.649. The molecule has 2 amide bonds. The summed E-state index contributed by atoms with van der Waals surface area (Å²) in [5, 5.41) is 8.80. The first-order valence-electron chi connectivity index (χ1n) is 15.5. The Labute approximate surface area is 257 Å². The molecule has 2 aliphatic rings. The number of likely N-dealkylation sites (tertiary alicyclic amines) is 1. The molecule has 4 rings (SSSR count). The molecule has 8 nitrogen and oxygen atoms in total. The highest BCUT2D eigenvalue weighted by molar-refractivity contribution is 6.30. The number of nitrogens with one attached hydrogen (secondary N) is 1. The number of hydrogen-bond acceptors (Lipinski definition) is 6. The molecular weight excluding hydrogens is 548 g/mol. The molecular formula is C33H49ClN6O2. The fourth-order valence-electron chi connectivity index (χ4n) is 6.06. The molecule has 2 aromatic carbocycles. The highest BCUT2D eigenvalue weighted by Crippen LogP contribution is 2.22. The number of nitrogens with zero attached hydrogens (tertiary/aromatic N) is 4. The van der Waals surface area contributed by atoms with Gasteiger partial charge in [0, 0.05) is 75.8 Å². The van der Waals surface area contributed by atoms with Crippen LogP contribution in [0.4, 0.5) is 0 Å². The van der Waals surface area contributed by atoms with E-state index in [0.717, 1.165) is 56.7 Å². The molecule has 0 spiro atoms. The van der Waals surface area contributed by atoms with E-state index in [0.29, 0.717) is 42.9 Å². The summed E-state index contributed by atoms with van der Waals surface area (Å²) in [6.07, 6.45) is 3.04. The van der Waals surface area contributed by atoms with E-state index >= 15 is 0 Å². The summed E-state index contributed by atoms with van der Waals surface area (Å²) in [4.78, 5) is 31.4. The highest BCUT2D eigenvalue weighted by Gasteiger charge is 2.34. The van der Waals surface area contributed by atoms with Gasteiger partial charge in [0.2, 0.25) is 11.8 Å². The Morgan fingerprint density at radius 2 is 1.55 bits per heavy atom. The van der Waals surface area contributed by atoms with Gasteiger partial charge in [0.15, 0.2) is 0 Å². The normalized spacial score (nSPS) is 18.8.